The molecule has 2 unspecified atom stereocenters. The maximum atomic E-state index is 13.9. The maximum absolute atomic E-state index is 13.9. The number of quaternary nitrogens is 1. The fourth-order valence-corrected chi connectivity index (χ4v) is 9.88. The SMILES string of the molecule is C[C@@H]1S[C@@H]2[C@H](NC(=O)/C(=N\O[C@@H](CC(=O)O)C(=O)O)c3csc(N)n3)C(=O)N2C(C(=O)O)=C1C[N+]1(C)[C@@H]2CC[C@H]1CC(NC(=O)C(=O)c1cc(O)c(O)c(F)c1)C2. The lowest BCUT2D eigenvalue weighted by Crippen LogP contribution is -2.72. The average Bonchev–Trinajstić information content (AvgIpc) is 3.61. The zero-order valence-electron chi connectivity index (χ0n) is 30.1. The molecule has 4 aliphatic rings. The highest BCUT2D eigenvalue weighted by Crippen LogP contribution is 2.48. The Morgan fingerprint density at radius 1 is 1.09 bits per heavy atom. The number of likely N-dealkylation sites (N-methyl/N-ethyl adjacent to an activating group) is 1. The minimum absolute atomic E-state index is 0.0105. The van der Waals surface area contributed by atoms with Crippen LogP contribution in [0.3, 0.4) is 0 Å². The number of nitrogens with one attached hydrogen (secondary N) is 2. The third-order valence-electron chi connectivity index (χ3n) is 10.8. The summed E-state index contributed by atoms with van der Waals surface area (Å²) in [5, 5.41) is 56.8. The molecule has 1 aromatic heterocycles. The van der Waals surface area contributed by atoms with E-state index < -0.39 is 105 Å². The third-order valence-corrected chi connectivity index (χ3v) is 12.9. The van der Waals surface area contributed by atoms with E-state index in [-0.39, 0.29) is 35.2 Å². The number of nitrogen functional groups attached to an aromatic ring is 1. The number of carbonyl (C=O) groups excluding carboxylic acids is 4. The summed E-state index contributed by atoms with van der Waals surface area (Å²) in [5.41, 5.74) is 4.78. The van der Waals surface area contributed by atoms with Crippen LogP contribution in [0, 0.1) is 5.82 Å². The molecule has 0 saturated carbocycles. The van der Waals surface area contributed by atoms with Gasteiger partial charge in [0.25, 0.3) is 17.7 Å². The van der Waals surface area contributed by atoms with Gasteiger partial charge in [0.2, 0.25) is 11.9 Å². The fourth-order valence-electron chi connectivity index (χ4n) is 7.90. The van der Waals surface area contributed by atoms with Gasteiger partial charge >= 0.3 is 17.9 Å². The molecule has 3 amide bonds. The number of aromatic nitrogens is 1. The molecule has 20 nitrogen and oxygen atoms in total. The second-order valence-corrected chi connectivity index (χ2v) is 16.6. The second kappa shape index (κ2) is 15.6. The summed E-state index contributed by atoms with van der Waals surface area (Å²) in [6.45, 7) is 2.02. The second-order valence-electron chi connectivity index (χ2n) is 14.2. The molecule has 1 aromatic carbocycles. The number of benzene rings is 1. The molecule has 57 heavy (non-hydrogen) atoms. The van der Waals surface area contributed by atoms with Crippen molar-refractivity contribution in [2.75, 3.05) is 19.3 Å². The first-order valence-electron chi connectivity index (χ1n) is 17.4. The van der Waals surface area contributed by atoms with Crippen LogP contribution in [0.4, 0.5) is 9.52 Å². The first-order chi connectivity index (χ1) is 26.8. The molecule has 4 aliphatic heterocycles. The molecule has 8 atom stereocenters. The van der Waals surface area contributed by atoms with E-state index in [9.17, 15) is 58.4 Å². The molecular formula is C34H37FN7O13S2+. The molecule has 3 fully saturated rings. The topological polar surface area (TPSA) is 308 Å². The number of anilines is 1. The molecule has 0 radical (unpaired) electrons. The number of fused-ring (bicyclic) bond motifs is 3. The molecule has 0 aliphatic carbocycles. The van der Waals surface area contributed by atoms with E-state index in [0.717, 1.165) is 35.1 Å². The van der Waals surface area contributed by atoms with Crippen LogP contribution in [0.15, 0.2) is 33.9 Å². The number of nitrogens with two attached hydrogens (primary N) is 1. The van der Waals surface area contributed by atoms with Gasteiger partial charge in [-0.15, -0.1) is 23.1 Å². The van der Waals surface area contributed by atoms with Crippen molar-refractivity contribution in [2.45, 2.75) is 79.9 Å². The summed E-state index contributed by atoms with van der Waals surface area (Å²) in [4.78, 5) is 98.3. The number of amides is 3. The summed E-state index contributed by atoms with van der Waals surface area (Å²) >= 11 is 2.15. The van der Waals surface area contributed by atoms with E-state index in [0.29, 0.717) is 29.0 Å². The monoisotopic (exact) mass is 834 g/mol. The number of halogens is 1. The number of Topliss-reactive ketones (excluding diaryl/α,β-unsaturated/α-hetero) is 1. The van der Waals surface area contributed by atoms with E-state index in [4.69, 9.17) is 15.7 Å². The van der Waals surface area contributed by atoms with Gasteiger partial charge in [-0.05, 0) is 19.1 Å². The molecular weight excluding hydrogens is 798 g/mol. The van der Waals surface area contributed by atoms with Gasteiger partial charge in [0.15, 0.2) is 28.2 Å². The van der Waals surface area contributed by atoms with Crippen molar-refractivity contribution in [3.05, 3.63) is 45.9 Å². The van der Waals surface area contributed by atoms with E-state index >= 15 is 0 Å². The Labute approximate surface area is 329 Å². The largest absolute Gasteiger partial charge is 0.504 e. The predicted octanol–water partition coefficient (Wildman–Crippen LogP) is 0.190. The zero-order chi connectivity index (χ0) is 41.7. The number of phenols is 2. The minimum Gasteiger partial charge on any atom is -0.504 e. The number of oxime groups is 1. The van der Waals surface area contributed by atoms with Gasteiger partial charge < -0.3 is 51.2 Å². The quantitative estimate of drug-likeness (QED) is 0.0240. The first-order valence-corrected chi connectivity index (χ1v) is 19.2. The Balaban J connectivity index is 1.16. The van der Waals surface area contributed by atoms with Gasteiger partial charge in [-0.25, -0.2) is 19.0 Å². The van der Waals surface area contributed by atoms with Crippen molar-refractivity contribution in [1.29, 1.82) is 0 Å². The van der Waals surface area contributed by atoms with Crippen LogP contribution in [-0.2, 0) is 33.6 Å². The number of rotatable bonds is 14. The number of phenolic OH excluding ortho intramolecular Hbond substituents is 2. The lowest BCUT2D eigenvalue weighted by molar-refractivity contribution is -0.944. The summed E-state index contributed by atoms with van der Waals surface area (Å²) < 4.78 is 14.3. The fraction of sp³-hybridized carbons (Fsp3) is 0.441. The number of β-lactam (4-membered cyclic amide) rings is 1. The van der Waals surface area contributed by atoms with E-state index in [1.807, 2.05) is 7.05 Å². The number of aliphatic carboxylic acids is 3. The number of hydrogen-bond donors (Lipinski definition) is 8. The molecule has 3 saturated heterocycles. The van der Waals surface area contributed by atoms with Crippen molar-refractivity contribution in [1.82, 2.24) is 20.5 Å². The number of carboxylic acid groups (broad SMARTS) is 3. The summed E-state index contributed by atoms with van der Waals surface area (Å²) in [6.07, 6.45) is -0.624. The highest BCUT2D eigenvalue weighted by Gasteiger charge is 2.58. The predicted molar refractivity (Wildman–Crippen MR) is 195 cm³/mol. The van der Waals surface area contributed by atoms with Crippen molar-refractivity contribution >= 4 is 75.4 Å². The van der Waals surface area contributed by atoms with Gasteiger partial charge in [0.1, 0.15) is 29.4 Å². The molecule has 2 aromatic rings. The Bertz CT molecular complexity index is 2110. The first kappa shape index (κ1) is 40.8. The van der Waals surface area contributed by atoms with Crippen LogP contribution in [0.25, 0.3) is 0 Å². The van der Waals surface area contributed by atoms with Crippen LogP contribution in [-0.4, -0.2) is 142 Å². The molecule has 5 heterocycles. The summed E-state index contributed by atoms with van der Waals surface area (Å²) in [6, 6.07) is -0.393. The number of hydrogen-bond acceptors (Lipinski definition) is 15. The molecule has 304 valence electrons. The number of carbonyl (C=O) groups is 7. The number of nitrogens with zero attached hydrogens (tertiary/aromatic N) is 4. The van der Waals surface area contributed by atoms with E-state index in [1.54, 1.807) is 6.92 Å². The van der Waals surface area contributed by atoms with Crippen LogP contribution in [0.1, 0.15) is 55.1 Å². The normalized spacial score (nSPS) is 27.2. The van der Waals surface area contributed by atoms with E-state index in [2.05, 4.69) is 20.8 Å². The Morgan fingerprint density at radius 2 is 1.75 bits per heavy atom. The molecule has 9 N–H and O–H groups in total. The molecule has 2 bridgehead atoms. The summed E-state index contributed by atoms with van der Waals surface area (Å²) in [7, 11) is 1.98. The third kappa shape index (κ3) is 7.81. The van der Waals surface area contributed by atoms with Crippen molar-refractivity contribution in [3.63, 3.8) is 0 Å². The highest BCUT2D eigenvalue weighted by molar-refractivity contribution is 8.00. The number of thioether (sulfide) groups is 1. The van der Waals surface area contributed by atoms with Gasteiger partial charge in [-0.1, -0.05) is 5.16 Å². The van der Waals surface area contributed by atoms with Crippen LogP contribution in [0.5, 0.6) is 11.5 Å². The number of piperidine rings is 1. The highest BCUT2D eigenvalue weighted by atomic mass is 32.2. The van der Waals surface area contributed by atoms with Crippen LogP contribution >= 0.6 is 23.1 Å². The van der Waals surface area contributed by atoms with Gasteiger partial charge in [0, 0.05) is 53.5 Å². The number of thiazole rings is 1. The van der Waals surface area contributed by atoms with E-state index in [1.165, 1.54) is 17.1 Å². The lowest BCUT2D eigenvalue weighted by Gasteiger charge is -2.53. The van der Waals surface area contributed by atoms with Crippen LogP contribution in [0.2, 0.25) is 0 Å². The average molecular weight is 835 g/mol. The molecule has 0 spiro atoms. The maximum Gasteiger partial charge on any atom is 0.352 e. The standard InChI is InChI=1S/C34H36FN7O13S2/c1-12-17(10-42(2)15-3-4-16(42)8-14(7-15)37-29(49)26(46)13-5-18(35)27(47)20(43)6-13)25(33(53)54)41-30(50)24(31(41)57-12)39-28(48)23(19-11-56-34(36)38-19)40-55-21(32(51)52)9-22(44)45/h5-6,11-12,14-16,21,24,31H,3-4,7-10H2,1-2H3,(H8-,36,37,38,39,40,43,44,45,46,47,48,49,51,52,53,54)/p+1/t12-,14?,15-,16+,21-,24+,31+,42?/m0/s1. The van der Waals surface area contributed by atoms with Crippen molar-refractivity contribution < 1.29 is 72.8 Å². The van der Waals surface area contributed by atoms with Gasteiger partial charge in [-0.2, -0.15) is 0 Å². The zero-order valence-corrected chi connectivity index (χ0v) is 31.7. The molecule has 23 heteroatoms. The summed E-state index contributed by atoms with van der Waals surface area (Å²) in [5.74, 6) is -11.6. The number of carboxylic acids is 3. The minimum atomic E-state index is -1.97. The smallest absolute Gasteiger partial charge is 0.352 e. The van der Waals surface area contributed by atoms with Gasteiger partial charge in [-0.3, -0.25) is 28.9 Å². The van der Waals surface area contributed by atoms with Crippen molar-refractivity contribution in [2.24, 2.45) is 5.16 Å². The Morgan fingerprint density at radius 3 is 2.32 bits per heavy atom. The Hall–Kier alpha value is -5.81. The van der Waals surface area contributed by atoms with Crippen molar-refractivity contribution in [3.8, 4) is 11.5 Å². The number of ketones is 1. The van der Waals surface area contributed by atoms with Gasteiger partial charge in [0.05, 0.1) is 25.6 Å². The Kier molecular flexibility index (Phi) is 11.2. The lowest BCUT2D eigenvalue weighted by atomic mass is 9.92. The molecule has 6 rings (SSSR count). The van der Waals surface area contributed by atoms with Crippen LogP contribution < -0.4 is 16.4 Å². The number of aromatic hydroxyl groups is 2.